The Kier molecular flexibility index (Phi) is 6.51. The van der Waals surface area contributed by atoms with Gasteiger partial charge in [0.25, 0.3) is 0 Å². The van der Waals surface area contributed by atoms with Crippen LogP contribution in [0.15, 0.2) is 0 Å². The summed E-state index contributed by atoms with van der Waals surface area (Å²) in [4.78, 5) is 5.03. The lowest BCUT2D eigenvalue weighted by atomic mass is 9.92. The number of rotatable bonds is 7. The topological polar surface area (TPSA) is 54.3 Å². The maximum absolute atomic E-state index is 8.70. The van der Waals surface area contributed by atoms with Gasteiger partial charge in [-0.05, 0) is 20.3 Å². The lowest BCUT2D eigenvalue weighted by Crippen LogP contribution is -2.23. The van der Waals surface area contributed by atoms with Crippen LogP contribution in [-0.2, 0) is 9.57 Å². The summed E-state index contributed by atoms with van der Waals surface area (Å²) in [5.74, 6) is 0. The van der Waals surface area contributed by atoms with Gasteiger partial charge in [0.05, 0.1) is 24.7 Å². The fraction of sp³-hybridized carbons (Fsp3) is 0.889. The van der Waals surface area contributed by atoms with Crippen LogP contribution in [0.3, 0.4) is 0 Å². The number of nitrogens with one attached hydrogen (secondary N) is 1. The fourth-order valence-electron chi connectivity index (χ4n) is 0.689. The molecule has 0 saturated carbocycles. The highest BCUT2D eigenvalue weighted by Gasteiger charge is 2.15. The average molecular weight is 186 g/mol. The monoisotopic (exact) mass is 186 g/mol. The lowest BCUT2D eigenvalue weighted by Gasteiger charge is -2.14. The smallest absolute Gasteiger partial charge is 0.0915 e. The number of hydrogen-bond acceptors (Lipinski definition) is 4. The molecule has 0 aromatic heterocycles. The molecule has 0 aliphatic carbocycles. The summed E-state index contributed by atoms with van der Waals surface area (Å²) in [7, 11) is 1.63. The van der Waals surface area contributed by atoms with E-state index in [0.29, 0.717) is 19.8 Å². The van der Waals surface area contributed by atoms with Crippen LogP contribution in [0.25, 0.3) is 0 Å². The minimum Gasteiger partial charge on any atom is -0.382 e. The number of methoxy groups -OCH3 is 1. The van der Waals surface area contributed by atoms with Crippen LogP contribution in [-0.4, -0.2) is 26.9 Å². The van der Waals surface area contributed by atoms with E-state index < -0.39 is 0 Å². The third-order valence-electron chi connectivity index (χ3n) is 1.65. The van der Waals surface area contributed by atoms with Gasteiger partial charge in [-0.3, -0.25) is 4.84 Å². The van der Waals surface area contributed by atoms with Crippen molar-refractivity contribution in [1.29, 1.82) is 5.26 Å². The Balaban J connectivity index is 3.22. The molecule has 4 nitrogen and oxygen atoms in total. The van der Waals surface area contributed by atoms with Gasteiger partial charge >= 0.3 is 0 Å². The SMILES string of the molecule is COCCONCCC(C)(C)C#N. The molecule has 0 atom stereocenters. The molecule has 0 amide bonds. The molecule has 0 aromatic carbocycles. The second-order valence-electron chi connectivity index (χ2n) is 3.48. The molecule has 0 fully saturated rings. The molecule has 1 N–H and O–H groups in total. The van der Waals surface area contributed by atoms with E-state index in [4.69, 9.17) is 14.8 Å². The fourth-order valence-corrected chi connectivity index (χ4v) is 0.689. The van der Waals surface area contributed by atoms with E-state index in [1.807, 2.05) is 13.8 Å². The highest BCUT2D eigenvalue weighted by Crippen LogP contribution is 2.16. The summed E-state index contributed by atoms with van der Waals surface area (Å²) >= 11 is 0. The van der Waals surface area contributed by atoms with Crippen LogP contribution in [0, 0.1) is 16.7 Å². The van der Waals surface area contributed by atoms with Gasteiger partial charge in [0.2, 0.25) is 0 Å². The Labute approximate surface area is 79.8 Å². The molecule has 76 valence electrons. The highest BCUT2D eigenvalue weighted by molar-refractivity contribution is 4.91. The second-order valence-corrected chi connectivity index (χ2v) is 3.48. The maximum Gasteiger partial charge on any atom is 0.0915 e. The third-order valence-corrected chi connectivity index (χ3v) is 1.65. The molecule has 0 rings (SSSR count). The Morgan fingerprint density at radius 2 is 2.08 bits per heavy atom. The lowest BCUT2D eigenvalue weighted by molar-refractivity contribution is 0.00425. The number of hydrogen-bond donors (Lipinski definition) is 1. The van der Waals surface area contributed by atoms with Gasteiger partial charge < -0.3 is 4.74 Å². The number of nitrogens with zero attached hydrogens (tertiary/aromatic N) is 1. The summed E-state index contributed by atoms with van der Waals surface area (Å²) in [6.07, 6.45) is 0.774. The predicted octanol–water partition coefficient (Wildman–Crippen LogP) is 1.09. The van der Waals surface area contributed by atoms with Crippen molar-refractivity contribution < 1.29 is 9.57 Å². The number of nitriles is 1. The number of ether oxygens (including phenoxy) is 1. The van der Waals surface area contributed by atoms with Crippen LogP contribution in [0.2, 0.25) is 0 Å². The van der Waals surface area contributed by atoms with Gasteiger partial charge in [-0.15, -0.1) is 0 Å². The van der Waals surface area contributed by atoms with Crippen molar-refractivity contribution in [3.63, 3.8) is 0 Å². The zero-order valence-electron chi connectivity index (χ0n) is 8.59. The van der Waals surface area contributed by atoms with Gasteiger partial charge in [0.1, 0.15) is 0 Å². The summed E-state index contributed by atoms with van der Waals surface area (Å²) in [5, 5.41) is 8.70. The van der Waals surface area contributed by atoms with Crippen LogP contribution in [0.1, 0.15) is 20.3 Å². The number of hydroxylamine groups is 1. The van der Waals surface area contributed by atoms with Crippen LogP contribution in [0.4, 0.5) is 0 Å². The third kappa shape index (κ3) is 7.72. The van der Waals surface area contributed by atoms with Crippen molar-refractivity contribution in [3.05, 3.63) is 0 Å². The first-order chi connectivity index (χ1) is 6.12. The molecule has 0 spiro atoms. The molecular weight excluding hydrogens is 168 g/mol. The molecule has 0 bridgehead atoms. The van der Waals surface area contributed by atoms with Crippen molar-refractivity contribution in [2.24, 2.45) is 5.41 Å². The Morgan fingerprint density at radius 1 is 1.38 bits per heavy atom. The summed E-state index contributed by atoms with van der Waals surface area (Å²) in [5.41, 5.74) is 2.50. The molecule has 0 saturated heterocycles. The molecular formula is C9H18N2O2. The zero-order chi connectivity index (χ0) is 10.2. The minimum absolute atomic E-state index is 0.280. The standard InChI is InChI=1S/C9H18N2O2/c1-9(2,8-10)4-5-11-13-7-6-12-3/h11H,4-7H2,1-3H3. The zero-order valence-corrected chi connectivity index (χ0v) is 8.59. The molecule has 0 unspecified atom stereocenters. The Bertz CT molecular complexity index is 163. The van der Waals surface area contributed by atoms with E-state index in [1.54, 1.807) is 7.11 Å². The predicted molar refractivity (Wildman–Crippen MR) is 49.8 cm³/mol. The Morgan fingerprint density at radius 3 is 2.62 bits per heavy atom. The summed E-state index contributed by atoms with van der Waals surface area (Å²) < 4.78 is 4.79. The van der Waals surface area contributed by atoms with E-state index in [1.165, 1.54) is 0 Å². The first-order valence-corrected chi connectivity index (χ1v) is 4.37. The second kappa shape index (κ2) is 6.84. The molecule has 0 heterocycles. The summed E-state index contributed by atoms with van der Waals surface area (Å²) in [6.45, 7) is 5.61. The van der Waals surface area contributed by atoms with Crippen LogP contribution < -0.4 is 5.48 Å². The van der Waals surface area contributed by atoms with E-state index in [-0.39, 0.29) is 5.41 Å². The quantitative estimate of drug-likeness (QED) is 0.477. The molecule has 0 aliphatic rings. The highest BCUT2D eigenvalue weighted by atomic mass is 16.7. The normalized spacial score (nSPS) is 11.2. The van der Waals surface area contributed by atoms with Gasteiger partial charge in [-0.1, -0.05) is 0 Å². The summed E-state index contributed by atoms with van der Waals surface area (Å²) in [6, 6.07) is 2.22. The first-order valence-electron chi connectivity index (χ1n) is 4.37. The first kappa shape index (κ1) is 12.4. The van der Waals surface area contributed by atoms with E-state index in [2.05, 4.69) is 11.5 Å². The molecule has 0 aromatic rings. The largest absolute Gasteiger partial charge is 0.382 e. The van der Waals surface area contributed by atoms with Crippen molar-refractivity contribution in [1.82, 2.24) is 5.48 Å². The van der Waals surface area contributed by atoms with Gasteiger partial charge in [0, 0.05) is 13.7 Å². The minimum atomic E-state index is -0.280. The molecule has 13 heavy (non-hydrogen) atoms. The molecule has 0 aliphatic heterocycles. The Hall–Kier alpha value is -0.630. The van der Waals surface area contributed by atoms with Gasteiger partial charge in [-0.25, -0.2) is 5.48 Å². The van der Waals surface area contributed by atoms with Crippen molar-refractivity contribution in [2.75, 3.05) is 26.9 Å². The van der Waals surface area contributed by atoms with Crippen LogP contribution in [0.5, 0.6) is 0 Å². The molecule has 0 radical (unpaired) electrons. The van der Waals surface area contributed by atoms with Crippen molar-refractivity contribution in [3.8, 4) is 6.07 Å². The molecule has 4 heteroatoms. The maximum atomic E-state index is 8.70. The van der Waals surface area contributed by atoms with E-state index in [9.17, 15) is 0 Å². The van der Waals surface area contributed by atoms with Crippen molar-refractivity contribution in [2.45, 2.75) is 20.3 Å². The average Bonchev–Trinajstić information content (AvgIpc) is 2.11. The van der Waals surface area contributed by atoms with Gasteiger partial charge in [0.15, 0.2) is 0 Å². The van der Waals surface area contributed by atoms with Crippen LogP contribution >= 0.6 is 0 Å². The van der Waals surface area contributed by atoms with E-state index in [0.717, 1.165) is 6.42 Å². The van der Waals surface area contributed by atoms with Crippen molar-refractivity contribution >= 4 is 0 Å². The van der Waals surface area contributed by atoms with Gasteiger partial charge in [-0.2, -0.15) is 5.26 Å². The van der Waals surface area contributed by atoms with E-state index >= 15 is 0 Å².